The molecule has 1 aromatic heterocycles. The van der Waals surface area contributed by atoms with Gasteiger partial charge in [-0.05, 0) is 50.8 Å². The maximum Gasteiger partial charge on any atom is 0.349 e. The minimum Gasteiger partial charge on any atom is -0.450 e. The number of ether oxygens (including phenoxy) is 2. The monoisotopic (exact) mass is 344 g/mol. The highest BCUT2D eigenvalue weighted by atomic mass is 16.5. The van der Waals surface area contributed by atoms with Crippen LogP contribution in [0.25, 0.3) is 6.08 Å². The van der Waals surface area contributed by atoms with Crippen LogP contribution in [0.1, 0.15) is 42.6 Å². The van der Waals surface area contributed by atoms with Gasteiger partial charge in [0.05, 0.1) is 6.61 Å². The molecular formula is C19H24N2O4. The van der Waals surface area contributed by atoms with E-state index in [9.17, 15) is 14.9 Å². The molecule has 1 aliphatic carbocycles. The Morgan fingerprint density at radius 1 is 1.44 bits per heavy atom. The molecule has 134 valence electrons. The number of aryl methyl sites for hydroxylation is 1. The van der Waals surface area contributed by atoms with Crippen molar-refractivity contribution in [3.8, 4) is 6.07 Å². The van der Waals surface area contributed by atoms with Crippen molar-refractivity contribution in [2.24, 2.45) is 0 Å². The highest BCUT2D eigenvalue weighted by molar-refractivity contribution is 5.99. The lowest BCUT2D eigenvalue weighted by atomic mass is 9.96. The summed E-state index contributed by atoms with van der Waals surface area (Å²) >= 11 is 0. The highest BCUT2D eigenvalue weighted by Gasteiger charge is 2.27. The largest absolute Gasteiger partial charge is 0.450 e. The number of aromatic nitrogens is 1. The molecule has 0 radical (unpaired) electrons. The molecule has 1 aliphatic rings. The van der Waals surface area contributed by atoms with Gasteiger partial charge in [-0.2, -0.15) is 5.26 Å². The third-order valence-electron chi connectivity index (χ3n) is 4.52. The van der Waals surface area contributed by atoms with Crippen LogP contribution in [0.2, 0.25) is 0 Å². The van der Waals surface area contributed by atoms with E-state index in [0.29, 0.717) is 26.0 Å². The molecule has 1 saturated carbocycles. The van der Waals surface area contributed by atoms with Crippen molar-refractivity contribution in [3.63, 3.8) is 0 Å². The van der Waals surface area contributed by atoms with Crippen LogP contribution in [-0.4, -0.2) is 36.1 Å². The second kappa shape index (κ2) is 8.63. The molecule has 1 heterocycles. The fraction of sp³-hybridized carbons (Fsp3) is 0.526. The number of carbonyl (C=O) groups excluding carboxylic acids is 2. The molecule has 0 unspecified atom stereocenters. The summed E-state index contributed by atoms with van der Waals surface area (Å²) in [5, 5.41) is 9.33. The number of rotatable bonds is 6. The molecule has 0 bridgehead atoms. The van der Waals surface area contributed by atoms with Gasteiger partial charge in [-0.15, -0.1) is 0 Å². The standard InChI is InChI=1S/C19H24N2O4/c1-13-10-15(14(2)21(13)8-9-24-3)11-16(12-20)19(23)25-18-7-5-4-6-17(18)22/h10-11,18H,4-9H2,1-3H3/b16-11+/t18-/m0/s1. The van der Waals surface area contributed by atoms with Gasteiger partial charge >= 0.3 is 5.97 Å². The van der Waals surface area contributed by atoms with E-state index in [1.165, 1.54) is 6.08 Å². The van der Waals surface area contributed by atoms with E-state index < -0.39 is 12.1 Å². The zero-order valence-corrected chi connectivity index (χ0v) is 15.0. The molecule has 0 spiro atoms. The molecule has 0 aromatic carbocycles. The van der Waals surface area contributed by atoms with Gasteiger partial charge in [-0.1, -0.05) is 0 Å². The summed E-state index contributed by atoms with van der Waals surface area (Å²) in [4.78, 5) is 24.1. The van der Waals surface area contributed by atoms with Crippen molar-refractivity contribution in [3.05, 3.63) is 28.6 Å². The van der Waals surface area contributed by atoms with E-state index in [-0.39, 0.29) is 11.4 Å². The predicted octanol–water partition coefficient (Wildman–Crippen LogP) is 2.71. The first-order chi connectivity index (χ1) is 12.0. The fourth-order valence-corrected chi connectivity index (χ4v) is 3.06. The average Bonchev–Trinajstić information content (AvgIpc) is 2.86. The molecule has 0 saturated heterocycles. The second-order valence-electron chi connectivity index (χ2n) is 6.25. The summed E-state index contributed by atoms with van der Waals surface area (Å²) in [6.07, 6.45) is 3.48. The first-order valence-electron chi connectivity index (χ1n) is 8.49. The SMILES string of the molecule is COCCn1c(C)cc(/C=C(\C#N)C(=O)O[C@H]2CCCCC2=O)c1C. The number of hydrogen-bond donors (Lipinski definition) is 0. The molecule has 0 aliphatic heterocycles. The minimum atomic E-state index is -0.732. The minimum absolute atomic E-state index is 0.0605. The summed E-state index contributed by atoms with van der Waals surface area (Å²) < 4.78 is 12.4. The fourth-order valence-electron chi connectivity index (χ4n) is 3.06. The number of carbonyl (C=O) groups is 2. The van der Waals surface area contributed by atoms with Crippen LogP contribution >= 0.6 is 0 Å². The Labute approximate surface area is 148 Å². The summed E-state index contributed by atoms with van der Waals surface area (Å²) in [6, 6.07) is 3.81. The third-order valence-corrected chi connectivity index (χ3v) is 4.52. The lowest BCUT2D eigenvalue weighted by molar-refractivity contribution is -0.152. The topological polar surface area (TPSA) is 81.3 Å². The number of nitriles is 1. The zero-order valence-electron chi connectivity index (χ0n) is 15.0. The van der Waals surface area contributed by atoms with Crippen LogP contribution in [0.5, 0.6) is 0 Å². The molecule has 1 atom stereocenters. The number of ketones is 1. The first kappa shape index (κ1) is 18.9. The Morgan fingerprint density at radius 3 is 2.84 bits per heavy atom. The highest BCUT2D eigenvalue weighted by Crippen LogP contribution is 2.21. The normalized spacial score (nSPS) is 18.1. The molecule has 6 nitrogen and oxygen atoms in total. The number of esters is 1. The van der Waals surface area contributed by atoms with Gasteiger partial charge in [-0.3, -0.25) is 4.79 Å². The summed E-state index contributed by atoms with van der Waals surface area (Å²) in [5.74, 6) is -0.793. The predicted molar refractivity (Wildman–Crippen MR) is 92.7 cm³/mol. The van der Waals surface area contributed by atoms with E-state index in [2.05, 4.69) is 4.57 Å². The van der Waals surface area contributed by atoms with Gasteiger partial charge in [0.2, 0.25) is 0 Å². The Bertz CT molecular complexity index is 725. The van der Waals surface area contributed by atoms with Crippen LogP contribution in [0.4, 0.5) is 0 Å². The van der Waals surface area contributed by atoms with Crippen molar-refractivity contribution in [2.45, 2.75) is 52.2 Å². The summed E-state index contributed by atoms with van der Waals surface area (Å²) in [6.45, 7) is 5.17. The van der Waals surface area contributed by atoms with Gasteiger partial charge in [0.1, 0.15) is 11.6 Å². The smallest absolute Gasteiger partial charge is 0.349 e. The maximum atomic E-state index is 12.3. The zero-order chi connectivity index (χ0) is 18.4. The van der Waals surface area contributed by atoms with Crippen LogP contribution in [-0.2, 0) is 25.6 Å². The molecule has 2 rings (SSSR count). The molecule has 1 aromatic rings. The molecule has 25 heavy (non-hydrogen) atoms. The average molecular weight is 344 g/mol. The third kappa shape index (κ3) is 4.58. The molecule has 0 amide bonds. The van der Waals surface area contributed by atoms with E-state index in [4.69, 9.17) is 9.47 Å². The molecule has 0 N–H and O–H groups in total. The van der Waals surface area contributed by atoms with E-state index >= 15 is 0 Å². The number of nitrogens with zero attached hydrogens (tertiary/aromatic N) is 2. The Balaban J connectivity index is 2.18. The molecular weight excluding hydrogens is 320 g/mol. The van der Waals surface area contributed by atoms with Crippen molar-refractivity contribution in [1.29, 1.82) is 5.26 Å². The number of hydrogen-bond acceptors (Lipinski definition) is 5. The summed E-state index contributed by atoms with van der Waals surface area (Å²) in [5.41, 5.74) is 2.67. The Kier molecular flexibility index (Phi) is 6.54. The van der Waals surface area contributed by atoms with Crippen molar-refractivity contribution < 1.29 is 19.1 Å². The maximum absolute atomic E-state index is 12.3. The second-order valence-corrected chi connectivity index (χ2v) is 6.25. The Hall–Kier alpha value is -2.39. The number of Topliss-reactive ketones (excluding diaryl/α,β-unsaturated/α-hetero) is 1. The van der Waals surface area contributed by atoms with Gasteiger partial charge in [0.25, 0.3) is 0 Å². The van der Waals surface area contributed by atoms with Gasteiger partial charge in [-0.25, -0.2) is 4.79 Å². The quantitative estimate of drug-likeness (QED) is 0.450. The Morgan fingerprint density at radius 2 is 2.20 bits per heavy atom. The first-order valence-corrected chi connectivity index (χ1v) is 8.49. The van der Waals surface area contributed by atoms with Gasteiger partial charge < -0.3 is 14.0 Å². The number of methoxy groups -OCH3 is 1. The van der Waals surface area contributed by atoms with Crippen LogP contribution in [0, 0.1) is 25.2 Å². The molecule has 1 fully saturated rings. The van der Waals surface area contributed by atoms with Crippen molar-refractivity contribution >= 4 is 17.8 Å². The van der Waals surface area contributed by atoms with E-state index in [0.717, 1.165) is 29.8 Å². The van der Waals surface area contributed by atoms with Crippen LogP contribution < -0.4 is 0 Å². The van der Waals surface area contributed by atoms with E-state index in [1.807, 2.05) is 26.0 Å². The lowest BCUT2D eigenvalue weighted by Crippen LogP contribution is -2.30. The van der Waals surface area contributed by atoms with Crippen LogP contribution in [0.15, 0.2) is 11.6 Å². The lowest BCUT2D eigenvalue weighted by Gasteiger charge is -2.20. The molecule has 6 heteroatoms. The van der Waals surface area contributed by atoms with Crippen molar-refractivity contribution in [2.75, 3.05) is 13.7 Å². The van der Waals surface area contributed by atoms with Gasteiger partial charge in [0, 0.05) is 31.5 Å². The summed E-state index contributed by atoms with van der Waals surface area (Å²) in [7, 11) is 1.64. The van der Waals surface area contributed by atoms with Crippen LogP contribution in [0.3, 0.4) is 0 Å². The van der Waals surface area contributed by atoms with Gasteiger partial charge in [0.15, 0.2) is 11.9 Å². The van der Waals surface area contributed by atoms with Crippen molar-refractivity contribution in [1.82, 2.24) is 4.57 Å². The van der Waals surface area contributed by atoms with E-state index in [1.54, 1.807) is 7.11 Å².